The number of rotatable bonds is 4. The molecule has 0 N–H and O–H groups in total. The quantitative estimate of drug-likeness (QED) is 0.203. The number of anilines is 1. The Bertz CT molecular complexity index is 1710. The molecule has 0 radical (unpaired) electrons. The fraction of sp³-hybridized carbons (Fsp3) is 0.286. The Morgan fingerprint density at radius 1 is 0.675 bits per heavy atom. The summed E-state index contributed by atoms with van der Waals surface area (Å²) in [5.41, 5.74) is 4.89. The molecule has 0 unspecified atom stereocenters. The van der Waals surface area contributed by atoms with Crippen molar-refractivity contribution in [3.05, 3.63) is 104 Å². The van der Waals surface area contributed by atoms with Gasteiger partial charge in [0, 0.05) is 0 Å². The van der Waals surface area contributed by atoms with Crippen molar-refractivity contribution >= 4 is 49.7 Å². The number of hydrogen-bond donors (Lipinski definition) is 0. The standard InChI is InChI=1S/C35H40GeN4/c1-34(2,3)36(35(4,5)6,33-17-10-11-20-37-33)26-18-19-30-29-15-8-9-16-31(29)40(32(30)23-26)28-14-12-13-27(24-28)39-22-21-38(7)25-39/h8-24H,25H2,1-7H3. The summed E-state index contributed by atoms with van der Waals surface area (Å²) in [5, 5.41) is 2.59. The zero-order chi connectivity index (χ0) is 28.3. The van der Waals surface area contributed by atoms with Gasteiger partial charge in [-0.1, -0.05) is 0 Å². The predicted molar refractivity (Wildman–Crippen MR) is 174 cm³/mol. The number of hydrogen-bond acceptors (Lipinski definition) is 3. The summed E-state index contributed by atoms with van der Waals surface area (Å²) in [5.74, 6) is 0. The van der Waals surface area contributed by atoms with E-state index in [-0.39, 0.29) is 8.49 Å². The van der Waals surface area contributed by atoms with Gasteiger partial charge in [0.15, 0.2) is 0 Å². The molecule has 3 aromatic carbocycles. The summed E-state index contributed by atoms with van der Waals surface area (Å²) in [6.07, 6.45) is 6.27. The predicted octanol–water partition coefficient (Wildman–Crippen LogP) is 7.52. The van der Waals surface area contributed by atoms with Gasteiger partial charge < -0.3 is 0 Å². The normalized spacial score (nSPS) is 14.6. The summed E-state index contributed by atoms with van der Waals surface area (Å²) in [6.45, 7) is 15.5. The average Bonchev–Trinajstić information content (AvgIpc) is 3.49. The molecule has 6 rings (SSSR count). The summed E-state index contributed by atoms with van der Waals surface area (Å²) in [6, 6.07) is 31.6. The van der Waals surface area contributed by atoms with Gasteiger partial charge in [0.1, 0.15) is 0 Å². The van der Waals surface area contributed by atoms with Gasteiger partial charge in [0.2, 0.25) is 0 Å². The van der Waals surface area contributed by atoms with Gasteiger partial charge in [0.25, 0.3) is 0 Å². The first-order chi connectivity index (χ1) is 19.0. The fourth-order valence-corrected chi connectivity index (χ4v) is 22.4. The molecular formula is C35H40GeN4. The van der Waals surface area contributed by atoms with Crippen LogP contribution in [0.1, 0.15) is 41.5 Å². The Balaban J connectivity index is 1.66. The third-order valence-electron chi connectivity index (χ3n) is 8.70. The summed E-state index contributed by atoms with van der Waals surface area (Å²) >= 11 is -3.16. The number of fused-ring (bicyclic) bond motifs is 3. The summed E-state index contributed by atoms with van der Waals surface area (Å²) < 4.78 is 5.43. The van der Waals surface area contributed by atoms with Crippen LogP contribution in [0.4, 0.5) is 5.69 Å². The zero-order valence-corrected chi connectivity index (χ0v) is 26.9. The van der Waals surface area contributed by atoms with E-state index in [1.54, 1.807) is 0 Å². The molecule has 204 valence electrons. The monoisotopic (exact) mass is 590 g/mol. The molecule has 5 aromatic rings. The molecule has 1 aliphatic rings. The minimum absolute atomic E-state index is 0.0884. The van der Waals surface area contributed by atoms with Crippen LogP contribution in [0.25, 0.3) is 27.5 Å². The Hall–Kier alpha value is -3.51. The van der Waals surface area contributed by atoms with E-state index in [9.17, 15) is 0 Å². The maximum atomic E-state index is 5.09. The fourth-order valence-electron chi connectivity index (χ4n) is 7.48. The molecule has 0 saturated heterocycles. The second-order valence-electron chi connectivity index (χ2n) is 13.2. The van der Waals surface area contributed by atoms with Gasteiger partial charge in [-0.2, -0.15) is 0 Å². The molecule has 0 aliphatic carbocycles. The van der Waals surface area contributed by atoms with E-state index in [0.717, 1.165) is 6.67 Å². The van der Waals surface area contributed by atoms with Gasteiger partial charge in [-0.3, -0.25) is 0 Å². The van der Waals surface area contributed by atoms with Gasteiger partial charge in [-0.05, 0) is 0 Å². The molecule has 0 amide bonds. The van der Waals surface area contributed by atoms with Gasteiger partial charge in [0.05, 0.1) is 0 Å². The zero-order valence-electron chi connectivity index (χ0n) is 24.8. The van der Waals surface area contributed by atoms with Crippen LogP contribution in [-0.4, -0.2) is 41.4 Å². The van der Waals surface area contributed by atoms with E-state index in [4.69, 9.17) is 4.98 Å². The Labute approximate surface area is 241 Å². The van der Waals surface area contributed by atoms with Crippen molar-refractivity contribution in [2.24, 2.45) is 0 Å². The Morgan fingerprint density at radius 2 is 1.38 bits per heavy atom. The van der Waals surface area contributed by atoms with E-state index in [0.29, 0.717) is 0 Å². The molecule has 0 fully saturated rings. The van der Waals surface area contributed by atoms with Crippen LogP contribution in [0, 0.1) is 0 Å². The SMILES string of the molecule is CN1C=CN(c2cccc(-n3c4ccccc4c4cc[c]([Ge]([c]5ccccn5)([C](C)(C)C)[C](C)(C)C)cc43)c2)C1. The van der Waals surface area contributed by atoms with Crippen LogP contribution in [0.15, 0.2) is 104 Å². The van der Waals surface area contributed by atoms with Crippen LogP contribution in [0.3, 0.4) is 0 Å². The second kappa shape index (κ2) is 9.55. The van der Waals surface area contributed by atoms with Crippen LogP contribution in [0.5, 0.6) is 0 Å². The topological polar surface area (TPSA) is 24.3 Å². The molecule has 0 atom stereocenters. The molecular weight excluding hydrogens is 549 g/mol. The van der Waals surface area contributed by atoms with Crippen LogP contribution in [-0.2, 0) is 0 Å². The molecule has 2 aromatic heterocycles. The first kappa shape index (κ1) is 26.7. The summed E-state index contributed by atoms with van der Waals surface area (Å²) in [7, 11) is 2.11. The third-order valence-corrected chi connectivity index (χ3v) is 22.8. The van der Waals surface area contributed by atoms with E-state index in [1.165, 1.54) is 42.1 Å². The van der Waals surface area contributed by atoms with Crippen molar-refractivity contribution in [3.8, 4) is 5.69 Å². The van der Waals surface area contributed by atoms with Crippen molar-refractivity contribution < 1.29 is 0 Å². The Morgan fingerprint density at radius 3 is 2.05 bits per heavy atom. The first-order valence-electron chi connectivity index (χ1n) is 14.2. The number of aromatic nitrogens is 2. The number of nitrogens with zero attached hydrogens (tertiary/aromatic N) is 4. The molecule has 5 heteroatoms. The Kier molecular flexibility index (Phi) is 6.38. The van der Waals surface area contributed by atoms with E-state index < -0.39 is 13.3 Å². The number of para-hydroxylation sites is 1. The molecule has 3 heterocycles. The van der Waals surface area contributed by atoms with Crippen molar-refractivity contribution in [2.75, 3.05) is 18.6 Å². The number of pyridine rings is 1. The van der Waals surface area contributed by atoms with E-state index in [1.807, 2.05) is 12.3 Å². The van der Waals surface area contributed by atoms with E-state index >= 15 is 0 Å². The molecule has 0 saturated carbocycles. The van der Waals surface area contributed by atoms with Gasteiger partial charge in [-0.15, -0.1) is 0 Å². The van der Waals surface area contributed by atoms with Crippen LogP contribution >= 0.6 is 0 Å². The van der Waals surface area contributed by atoms with Gasteiger partial charge >= 0.3 is 242 Å². The molecule has 40 heavy (non-hydrogen) atoms. The second-order valence-corrected chi connectivity index (χ2v) is 25.0. The average molecular weight is 589 g/mol. The maximum absolute atomic E-state index is 5.09. The molecule has 1 aliphatic heterocycles. The van der Waals surface area contributed by atoms with E-state index in [2.05, 4.69) is 154 Å². The molecule has 4 nitrogen and oxygen atoms in total. The van der Waals surface area contributed by atoms with Crippen LogP contribution < -0.4 is 13.8 Å². The summed E-state index contributed by atoms with van der Waals surface area (Å²) in [4.78, 5) is 9.58. The molecule has 0 spiro atoms. The minimum atomic E-state index is -3.16. The van der Waals surface area contributed by atoms with Gasteiger partial charge in [-0.25, -0.2) is 0 Å². The van der Waals surface area contributed by atoms with Crippen molar-refractivity contribution in [3.63, 3.8) is 0 Å². The number of benzene rings is 3. The first-order valence-corrected chi connectivity index (χ1v) is 18.4. The van der Waals surface area contributed by atoms with Crippen molar-refractivity contribution in [1.82, 2.24) is 14.5 Å². The van der Waals surface area contributed by atoms with Crippen molar-refractivity contribution in [2.45, 2.75) is 50.0 Å². The van der Waals surface area contributed by atoms with Crippen molar-refractivity contribution in [1.29, 1.82) is 0 Å². The molecule has 0 bridgehead atoms. The third kappa shape index (κ3) is 4.07. The van der Waals surface area contributed by atoms with Crippen LogP contribution in [0.2, 0.25) is 8.49 Å².